The van der Waals surface area contributed by atoms with Gasteiger partial charge in [-0.25, -0.2) is 0 Å². The summed E-state index contributed by atoms with van der Waals surface area (Å²) in [6, 6.07) is 8.15. The molecule has 3 heterocycles. The SMILES string of the molecule is C=CCN(Cc1nnc(-c2cccs2)o1)Cc1cccs1. The molecule has 6 heteroatoms. The number of thiophene rings is 2. The second-order valence-electron chi connectivity index (χ2n) is 4.52. The Hall–Kier alpha value is -1.76. The monoisotopic (exact) mass is 317 g/mol. The number of rotatable bonds is 7. The first kappa shape index (κ1) is 14.2. The van der Waals surface area contributed by atoms with E-state index < -0.39 is 0 Å². The highest BCUT2D eigenvalue weighted by Crippen LogP contribution is 2.23. The van der Waals surface area contributed by atoms with E-state index in [4.69, 9.17) is 4.42 Å². The van der Waals surface area contributed by atoms with Crippen LogP contribution >= 0.6 is 22.7 Å². The highest BCUT2D eigenvalue weighted by molar-refractivity contribution is 7.13. The van der Waals surface area contributed by atoms with Crippen molar-refractivity contribution in [2.45, 2.75) is 13.1 Å². The smallest absolute Gasteiger partial charge is 0.257 e. The predicted octanol–water partition coefficient (Wildman–Crippen LogP) is 4.05. The van der Waals surface area contributed by atoms with Gasteiger partial charge in [-0.15, -0.1) is 39.4 Å². The van der Waals surface area contributed by atoms with Crippen LogP contribution < -0.4 is 0 Å². The Morgan fingerprint density at radius 2 is 2.00 bits per heavy atom. The van der Waals surface area contributed by atoms with Crippen LogP contribution in [0.15, 0.2) is 52.1 Å². The van der Waals surface area contributed by atoms with Gasteiger partial charge in [0.25, 0.3) is 5.89 Å². The molecule has 0 radical (unpaired) electrons. The van der Waals surface area contributed by atoms with E-state index >= 15 is 0 Å². The summed E-state index contributed by atoms with van der Waals surface area (Å²) in [6.45, 7) is 6.09. The molecule has 0 N–H and O–H groups in total. The van der Waals surface area contributed by atoms with Crippen molar-refractivity contribution < 1.29 is 4.42 Å². The van der Waals surface area contributed by atoms with E-state index in [0.717, 1.165) is 18.0 Å². The summed E-state index contributed by atoms with van der Waals surface area (Å²) >= 11 is 3.35. The highest BCUT2D eigenvalue weighted by atomic mass is 32.1. The molecule has 4 nitrogen and oxygen atoms in total. The van der Waals surface area contributed by atoms with Crippen molar-refractivity contribution in [3.8, 4) is 10.8 Å². The second kappa shape index (κ2) is 6.80. The zero-order chi connectivity index (χ0) is 14.5. The quantitative estimate of drug-likeness (QED) is 0.617. The van der Waals surface area contributed by atoms with Gasteiger partial charge in [-0.3, -0.25) is 4.90 Å². The van der Waals surface area contributed by atoms with E-state index in [-0.39, 0.29) is 0 Å². The lowest BCUT2D eigenvalue weighted by molar-refractivity contribution is 0.258. The molecule has 0 unspecified atom stereocenters. The normalized spacial score (nSPS) is 11.1. The molecule has 0 fully saturated rings. The van der Waals surface area contributed by atoms with Crippen molar-refractivity contribution in [2.75, 3.05) is 6.54 Å². The standard InChI is InChI=1S/C15H15N3OS2/c1-2-7-18(10-12-5-3-8-20-12)11-14-16-17-15(19-14)13-6-4-9-21-13/h2-6,8-9H,1,7,10-11H2. The van der Waals surface area contributed by atoms with Crippen molar-refractivity contribution in [1.82, 2.24) is 15.1 Å². The van der Waals surface area contributed by atoms with Gasteiger partial charge in [0.2, 0.25) is 5.89 Å². The van der Waals surface area contributed by atoms with Crippen LogP contribution in [0, 0.1) is 0 Å². The van der Waals surface area contributed by atoms with Crippen LogP contribution in [-0.4, -0.2) is 21.6 Å². The Morgan fingerprint density at radius 3 is 2.71 bits per heavy atom. The average molecular weight is 317 g/mol. The lowest BCUT2D eigenvalue weighted by Gasteiger charge is -2.17. The highest BCUT2D eigenvalue weighted by Gasteiger charge is 2.13. The Kier molecular flexibility index (Phi) is 4.59. The van der Waals surface area contributed by atoms with Gasteiger partial charge >= 0.3 is 0 Å². The zero-order valence-corrected chi connectivity index (χ0v) is 13.1. The number of hydrogen-bond donors (Lipinski definition) is 0. The maximum Gasteiger partial charge on any atom is 0.257 e. The van der Waals surface area contributed by atoms with Gasteiger partial charge in [0.05, 0.1) is 11.4 Å². The first-order chi connectivity index (χ1) is 10.3. The van der Waals surface area contributed by atoms with Gasteiger partial charge in [-0.05, 0) is 22.9 Å². The third-order valence-corrected chi connectivity index (χ3v) is 4.62. The minimum atomic E-state index is 0.592. The topological polar surface area (TPSA) is 42.2 Å². The summed E-state index contributed by atoms with van der Waals surface area (Å²) in [6.07, 6.45) is 1.89. The second-order valence-corrected chi connectivity index (χ2v) is 6.50. The van der Waals surface area contributed by atoms with E-state index in [1.165, 1.54) is 4.88 Å². The number of nitrogens with zero attached hydrogens (tertiary/aromatic N) is 3. The fourth-order valence-electron chi connectivity index (χ4n) is 2.00. The van der Waals surface area contributed by atoms with E-state index in [1.807, 2.05) is 23.6 Å². The summed E-state index contributed by atoms with van der Waals surface area (Å²) in [7, 11) is 0. The molecule has 0 atom stereocenters. The van der Waals surface area contributed by atoms with E-state index in [9.17, 15) is 0 Å². The maximum atomic E-state index is 5.74. The largest absolute Gasteiger partial charge is 0.419 e. The lowest BCUT2D eigenvalue weighted by atomic mass is 10.4. The minimum Gasteiger partial charge on any atom is -0.419 e. The summed E-state index contributed by atoms with van der Waals surface area (Å²) in [5.41, 5.74) is 0. The molecule has 0 spiro atoms. The molecule has 21 heavy (non-hydrogen) atoms. The average Bonchev–Trinajstić information content (AvgIpc) is 3.21. The molecule has 0 amide bonds. The van der Waals surface area contributed by atoms with Crippen LogP contribution in [0.5, 0.6) is 0 Å². The van der Waals surface area contributed by atoms with Gasteiger partial charge in [0.1, 0.15) is 0 Å². The van der Waals surface area contributed by atoms with Crippen LogP contribution in [0.2, 0.25) is 0 Å². The molecule has 0 saturated heterocycles. The molecule has 0 aliphatic rings. The van der Waals surface area contributed by atoms with E-state index in [2.05, 4.69) is 39.2 Å². The van der Waals surface area contributed by atoms with Crippen molar-refractivity contribution >= 4 is 22.7 Å². The summed E-state index contributed by atoms with van der Waals surface area (Å²) in [4.78, 5) is 4.54. The Labute approximate surface area is 131 Å². The summed E-state index contributed by atoms with van der Waals surface area (Å²) < 4.78 is 5.74. The van der Waals surface area contributed by atoms with Crippen LogP contribution in [0.1, 0.15) is 10.8 Å². The summed E-state index contributed by atoms with van der Waals surface area (Å²) in [5, 5.41) is 12.3. The van der Waals surface area contributed by atoms with Crippen LogP contribution in [0.4, 0.5) is 0 Å². The molecule has 3 rings (SSSR count). The number of hydrogen-bond acceptors (Lipinski definition) is 6. The molecule has 0 aromatic carbocycles. The molecule has 0 saturated carbocycles. The third kappa shape index (κ3) is 3.66. The Balaban J connectivity index is 1.69. The van der Waals surface area contributed by atoms with E-state index in [0.29, 0.717) is 18.3 Å². The fraction of sp³-hybridized carbons (Fsp3) is 0.200. The molecule has 3 aromatic rings. The van der Waals surface area contributed by atoms with Gasteiger partial charge < -0.3 is 4.42 Å². The van der Waals surface area contributed by atoms with Gasteiger partial charge in [0.15, 0.2) is 0 Å². The van der Waals surface area contributed by atoms with Crippen molar-refractivity contribution in [3.05, 3.63) is 58.4 Å². The third-order valence-electron chi connectivity index (χ3n) is 2.90. The molecule has 0 aliphatic heterocycles. The van der Waals surface area contributed by atoms with Crippen LogP contribution in [-0.2, 0) is 13.1 Å². The molecule has 108 valence electrons. The Bertz CT molecular complexity index is 674. The minimum absolute atomic E-state index is 0.592. The maximum absolute atomic E-state index is 5.74. The van der Waals surface area contributed by atoms with Crippen LogP contribution in [0.25, 0.3) is 10.8 Å². The molecular formula is C15H15N3OS2. The fourth-order valence-corrected chi connectivity index (χ4v) is 3.39. The summed E-state index contributed by atoms with van der Waals surface area (Å²) in [5.74, 6) is 1.23. The van der Waals surface area contributed by atoms with Gasteiger partial charge in [-0.2, -0.15) is 0 Å². The first-order valence-corrected chi connectivity index (χ1v) is 8.33. The molecule has 3 aromatic heterocycles. The van der Waals surface area contributed by atoms with Crippen molar-refractivity contribution in [1.29, 1.82) is 0 Å². The molecule has 0 bridgehead atoms. The van der Waals surface area contributed by atoms with Gasteiger partial charge in [0, 0.05) is 18.0 Å². The molecule has 0 aliphatic carbocycles. The lowest BCUT2D eigenvalue weighted by Crippen LogP contribution is -2.22. The molecular weight excluding hydrogens is 302 g/mol. The van der Waals surface area contributed by atoms with Crippen LogP contribution in [0.3, 0.4) is 0 Å². The van der Waals surface area contributed by atoms with Crippen molar-refractivity contribution in [2.24, 2.45) is 0 Å². The van der Waals surface area contributed by atoms with E-state index in [1.54, 1.807) is 22.7 Å². The zero-order valence-electron chi connectivity index (χ0n) is 11.4. The first-order valence-electron chi connectivity index (χ1n) is 6.57. The Morgan fingerprint density at radius 1 is 1.14 bits per heavy atom. The van der Waals surface area contributed by atoms with Crippen molar-refractivity contribution in [3.63, 3.8) is 0 Å². The van der Waals surface area contributed by atoms with Gasteiger partial charge in [-0.1, -0.05) is 18.2 Å². The number of aromatic nitrogens is 2. The predicted molar refractivity (Wildman–Crippen MR) is 86.2 cm³/mol.